The molecule has 1 aliphatic rings. The molecular weight excluding hydrogens is 446 g/mol. The maximum atomic E-state index is 13.1. The Kier molecular flexibility index (Phi) is 8.43. The van der Waals surface area contributed by atoms with Crippen molar-refractivity contribution in [1.29, 1.82) is 0 Å². The molecule has 1 fully saturated rings. The molecule has 0 unspecified atom stereocenters. The third kappa shape index (κ3) is 6.31. The van der Waals surface area contributed by atoms with Crippen molar-refractivity contribution in [2.45, 2.75) is 23.8 Å². The predicted octanol–water partition coefficient (Wildman–Crippen LogP) is 2.10. The lowest BCUT2D eigenvalue weighted by atomic mass is 10.1. The van der Waals surface area contributed by atoms with Gasteiger partial charge < -0.3 is 19.7 Å². The highest BCUT2D eigenvalue weighted by Crippen LogP contribution is 2.22. The van der Waals surface area contributed by atoms with Gasteiger partial charge in [-0.3, -0.25) is 9.59 Å². The Bertz CT molecular complexity index is 1040. The van der Waals surface area contributed by atoms with Crippen LogP contribution in [0.25, 0.3) is 0 Å². The largest absolute Gasteiger partial charge is 0.469 e. The van der Waals surface area contributed by atoms with E-state index in [-0.39, 0.29) is 17.7 Å². The van der Waals surface area contributed by atoms with E-state index in [2.05, 4.69) is 15.0 Å². The van der Waals surface area contributed by atoms with Crippen LogP contribution >= 0.6 is 0 Å². The number of rotatable bonds is 9. The number of morpholine rings is 1. The number of ether oxygens (including phenoxy) is 2. The van der Waals surface area contributed by atoms with E-state index in [1.165, 1.54) is 26.3 Å². The van der Waals surface area contributed by atoms with Crippen LogP contribution in [-0.2, 0) is 29.1 Å². The van der Waals surface area contributed by atoms with Crippen LogP contribution in [0.1, 0.15) is 12.8 Å². The van der Waals surface area contributed by atoms with Crippen molar-refractivity contribution in [2.24, 2.45) is 0 Å². The van der Waals surface area contributed by atoms with Gasteiger partial charge in [-0.05, 0) is 42.8 Å². The minimum atomic E-state index is -3.95. The molecular formula is C23H29N3O6S. The number of carbonyl (C=O) groups is 2. The zero-order chi connectivity index (χ0) is 23.8. The summed E-state index contributed by atoms with van der Waals surface area (Å²) in [6.07, 6.45) is -0.119. The lowest BCUT2D eigenvalue weighted by molar-refractivity contribution is -0.141. The summed E-state index contributed by atoms with van der Waals surface area (Å²) in [5, 5.41) is 2.78. The minimum Gasteiger partial charge on any atom is -0.469 e. The molecule has 3 rings (SSSR count). The van der Waals surface area contributed by atoms with Gasteiger partial charge in [-0.2, -0.15) is 4.31 Å². The molecule has 0 spiro atoms. The van der Waals surface area contributed by atoms with Gasteiger partial charge in [0.25, 0.3) is 0 Å². The highest BCUT2D eigenvalue weighted by Gasteiger charge is 2.33. The predicted molar refractivity (Wildman–Crippen MR) is 125 cm³/mol. The van der Waals surface area contributed by atoms with Crippen LogP contribution in [0, 0.1) is 0 Å². The van der Waals surface area contributed by atoms with Crippen LogP contribution in [0.3, 0.4) is 0 Å². The Morgan fingerprint density at radius 2 is 1.73 bits per heavy atom. The van der Waals surface area contributed by atoms with Gasteiger partial charge in [0.15, 0.2) is 0 Å². The maximum Gasteiger partial charge on any atom is 0.305 e. The molecule has 0 saturated carbocycles. The second-order valence-electron chi connectivity index (χ2n) is 7.60. The summed E-state index contributed by atoms with van der Waals surface area (Å²) in [6, 6.07) is 14.1. The topological polar surface area (TPSA) is 105 Å². The minimum absolute atomic E-state index is 0.0209. The molecule has 178 valence electrons. The molecule has 0 aromatic heterocycles. The zero-order valence-corrected chi connectivity index (χ0v) is 19.6. The number of carbonyl (C=O) groups excluding carboxylic acids is 2. The summed E-state index contributed by atoms with van der Waals surface area (Å²) in [5.41, 5.74) is 1.55. The van der Waals surface area contributed by atoms with Crippen molar-refractivity contribution in [3.8, 4) is 0 Å². The second-order valence-corrected chi connectivity index (χ2v) is 9.60. The summed E-state index contributed by atoms with van der Waals surface area (Å²) < 4.78 is 37.2. The lowest BCUT2D eigenvalue weighted by Crippen LogP contribution is -2.45. The van der Waals surface area contributed by atoms with Crippen LogP contribution in [0.4, 0.5) is 11.4 Å². The lowest BCUT2D eigenvalue weighted by Gasteiger charge is -2.29. The number of amides is 1. The second kappa shape index (κ2) is 11.3. The van der Waals surface area contributed by atoms with Crippen molar-refractivity contribution >= 4 is 33.3 Å². The molecule has 9 nitrogen and oxygen atoms in total. The summed E-state index contributed by atoms with van der Waals surface area (Å²) in [5.74, 6) is -1.05. The number of benzene rings is 2. The third-order valence-corrected chi connectivity index (χ3v) is 7.40. The fraction of sp³-hybridized carbons (Fsp3) is 0.391. The van der Waals surface area contributed by atoms with E-state index >= 15 is 0 Å². The van der Waals surface area contributed by atoms with Crippen molar-refractivity contribution in [2.75, 3.05) is 50.7 Å². The average molecular weight is 476 g/mol. The maximum absolute atomic E-state index is 13.1. The number of methoxy groups -OCH3 is 1. The van der Waals surface area contributed by atoms with Crippen molar-refractivity contribution in [3.05, 3.63) is 54.6 Å². The fourth-order valence-corrected chi connectivity index (χ4v) is 4.93. The summed E-state index contributed by atoms with van der Waals surface area (Å²) in [6.45, 7) is 2.93. The van der Waals surface area contributed by atoms with Crippen LogP contribution in [-0.4, -0.2) is 71.1 Å². The Hall–Kier alpha value is -2.95. The molecule has 1 amide bonds. The van der Waals surface area contributed by atoms with Crippen LogP contribution < -0.4 is 10.2 Å². The third-order valence-electron chi connectivity index (χ3n) is 5.52. The van der Waals surface area contributed by atoms with E-state index < -0.39 is 27.9 Å². The van der Waals surface area contributed by atoms with Gasteiger partial charge in [-0.1, -0.05) is 18.2 Å². The zero-order valence-electron chi connectivity index (χ0n) is 18.8. The molecule has 1 aliphatic heterocycles. The molecule has 33 heavy (non-hydrogen) atoms. The Labute approximate surface area is 194 Å². The molecule has 0 bridgehead atoms. The number of sulfonamides is 1. The van der Waals surface area contributed by atoms with E-state index in [0.717, 1.165) is 23.1 Å². The Morgan fingerprint density at radius 3 is 2.33 bits per heavy atom. The van der Waals surface area contributed by atoms with E-state index in [0.29, 0.717) is 18.9 Å². The summed E-state index contributed by atoms with van der Waals surface area (Å²) in [4.78, 5) is 27.1. The molecule has 0 radical (unpaired) electrons. The van der Waals surface area contributed by atoms with Gasteiger partial charge in [0.1, 0.15) is 6.04 Å². The van der Waals surface area contributed by atoms with Crippen molar-refractivity contribution in [3.63, 3.8) is 0 Å². The number of likely N-dealkylation sites (N-methyl/N-ethyl adjacent to an activating group) is 1. The number of anilines is 2. The first-order valence-corrected chi connectivity index (χ1v) is 12.1. The Balaban J connectivity index is 1.76. The Morgan fingerprint density at radius 1 is 1.09 bits per heavy atom. The first-order valence-electron chi connectivity index (χ1n) is 10.7. The normalized spacial score (nSPS) is 15.2. The van der Waals surface area contributed by atoms with E-state index in [1.807, 2.05) is 12.1 Å². The van der Waals surface area contributed by atoms with Crippen molar-refractivity contribution in [1.82, 2.24) is 4.31 Å². The van der Waals surface area contributed by atoms with Gasteiger partial charge in [0.2, 0.25) is 15.9 Å². The molecule has 0 aliphatic carbocycles. The molecule has 1 saturated heterocycles. The van der Waals surface area contributed by atoms with Gasteiger partial charge in [0.05, 0.1) is 25.2 Å². The van der Waals surface area contributed by atoms with Gasteiger partial charge >= 0.3 is 5.97 Å². The molecule has 1 N–H and O–H groups in total. The van der Waals surface area contributed by atoms with Crippen LogP contribution in [0.5, 0.6) is 0 Å². The number of hydrogen-bond acceptors (Lipinski definition) is 7. The molecule has 1 heterocycles. The smallest absolute Gasteiger partial charge is 0.305 e. The number of esters is 1. The van der Waals surface area contributed by atoms with Gasteiger partial charge in [-0.15, -0.1) is 0 Å². The first kappa shape index (κ1) is 24.7. The van der Waals surface area contributed by atoms with Crippen LogP contribution in [0.2, 0.25) is 0 Å². The van der Waals surface area contributed by atoms with E-state index in [9.17, 15) is 18.0 Å². The first-order chi connectivity index (χ1) is 15.8. The SMILES string of the molecule is COC(=O)CC[C@@H](C(=O)Nc1ccc(N2CCOCC2)cc1)N(C)S(=O)(=O)c1ccccc1. The molecule has 10 heteroatoms. The molecule has 1 atom stereocenters. The summed E-state index contributed by atoms with van der Waals surface area (Å²) >= 11 is 0. The monoisotopic (exact) mass is 475 g/mol. The standard InChI is InChI=1S/C23H29N3O6S/c1-25(33(29,30)20-6-4-3-5-7-20)21(12-13-22(27)31-2)23(28)24-18-8-10-19(11-9-18)26-14-16-32-17-15-26/h3-11,21H,12-17H2,1-2H3,(H,24,28)/t21-/m0/s1. The van der Waals surface area contributed by atoms with E-state index in [1.54, 1.807) is 30.3 Å². The van der Waals surface area contributed by atoms with Gasteiger partial charge in [0, 0.05) is 37.9 Å². The highest BCUT2D eigenvalue weighted by molar-refractivity contribution is 7.89. The number of nitrogens with one attached hydrogen (secondary N) is 1. The van der Waals surface area contributed by atoms with Crippen molar-refractivity contribution < 1.29 is 27.5 Å². The summed E-state index contributed by atoms with van der Waals surface area (Å²) in [7, 11) is -1.36. The highest BCUT2D eigenvalue weighted by atomic mass is 32.2. The average Bonchev–Trinajstić information content (AvgIpc) is 2.85. The van der Waals surface area contributed by atoms with Gasteiger partial charge in [-0.25, -0.2) is 8.42 Å². The number of nitrogens with zero attached hydrogens (tertiary/aromatic N) is 2. The quantitative estimate of drug-likeness (QED) is 0.554. The molecule has 2 aromatic carbocycles. The number of hydrogen-bond donors (Lipinski definition) is 1. The molecule has 2 aromatic rings. The van der Waals surface area contributed by atoms with E-state index in [4.69, 9.17) is 4.74 Å². The van der Waals surface area contributed by atoms with Crippen LogP contribution in [0.15, 0.2) is 59.5 Å². The fourth-order valence-electron chi connectivity index (χ4n) is 3.56.